The Morgan fingerprint density at radius 2 is 1.91 bits per heavy atom. The molecular formula is C27H25N5O3. The van der Waals surface area contributed by atoms with E-state index in [0.29, 0.717) is 29.1 Å². The minimum absolute atomic E-state index is 0.0820. The fourth-order valence-corrected chi connectivity index (χ4v) is 4.50. The minimum Gasteiger partial charge on any atom is -0.454 e. The van der Waals surface area contributed by atoms with Gasteiger partial charge in [0.05, 0.1) is 12.1 Å². The molecule has 8 heteroatoms. The summed E-state index contributed by atoms with van der Waals surface area (Å²) in [5.74, 6) is 2.26. The van der Waals surface area contributed by atoms with Crippen molar-refractivity contribution in [1.82, 2.24) is 24.4 Å². The third kappa shape index (κ3) is 3.67. The lowest BCUT2D eigenvalue weighted by molar-refractivity contribution is -0.122. The number of H-pyrrole nitrogens is 1. The average Bonchev–Trinajstić information content (AvgIpc) is 3.52. The number of aromatic nitrogens is 4. The zero-order valence-corrected chi connectivity index (χ0v) is 19.5. The molecule has 3 aromatic heterocycles. The first-order chi connectivity index (χ1) is 17.0. The largest absolute Gasteiger partial charge is 0.454 e. The molecule has 176 valence electrons. The summed E-state index contributed by atoms with van der Waals surface area (Å²) in [4.78, 5) is 32.8. The van der Waals surface area contributed by atoms with Crippen LogP contribution in [0.1, 0.15) is 18.7 Å². The number of nitrogens with zero attached hydrogens (tertiary/aromatic N) is 3. The van der Waals surface area contributed by atoms with Gasteiger partial charge < -0.3 is 24.2 Å². The number of benzene rings is 2. The first-order valence-corrected chi connectivity index (χ1v) is 11.7. The van der Waals surface area contributed by atoms with Crippen molar-refractivity contribution in [2.45, 2.75) is 19.4 Å². The number of imidazole rings is 1. The number of hydrogen-bond donors (Lipinski definition) is 2. The Morgan fingerprint density at radius 3 is 2.69 bits per heavy atom. The SMILES string of the molecule is Cn1cc(-c2ccc3c(nc(CNC(=O)C4CC4)n3C)c2Oc2ccccc2)c2cc[nH]c2c1=O. The molecule has 1 saturated carbocycles. The second kappa shape index (κ2) is 8.16. The maximum atomic E-state index is 12.6. The van der Waals surface area contributed by atoms with Crippen LogP contribution in [0.15, 0.2) is 65.7 Å². The predicted octanol–water partition coefficient (Wildman–Crippen LogP) is 4.24. The van der Waals surface area contributed by atoms with E-state index in [1.54, 1.807) is 17.8 Å². The molecule has 0 saturated heterocycles. The van der Waals surface area contributed by atoms with Gasteiger partial charge in [0.25, 0.3) is 5.56 Å². The van der Waals surface area contributed by atoms with Crippen molar-refractivity contribution in [2.75, 3.05) is 0 Å². The number of aryl methyl sites for hydroxylation is 2. The van der Waals surface area contributed by atoms with Gasteiger partial charge in [0.1, 0.15) is 22.6 Å². The van der Waals surface area contributed by atoms with Crippen molar-refractivity contribution in [2.24, 2.45) is 20.0 Å². The van der Waals surface area contributed by atoms with Crippen molar-refractivity contribution < 1.29 is 9.53 Å². The highest BCUT2D eigenvalue weighted by atomic mass is 16.5. The van der Waals surface area contributed by atoms with Gasteiger partial charge in [-0.3, -0.25) is 9.59 Å². The van der Waals surface area contributed by atoms with Gasteiger partial charge in [-0.2, -0.15) is 0 Å². The standard InChI is InChI=1S/C27H25N5O3/c1-31-15-20(18-12-13-28-23(18)27(31)34)19-10-11-21-24(25(19)35-17-6-4-3-5-7-17)30-22(32(21)2)14-29-26(33)16-8-9-16/h3-7,10-13,15-16,28H,8-9,14H2,1-2H3,(H,29,33). The summed E-state index contributed by atoms with van der Waals surface area (Å²) in [6.07, 6.45) is 5.52. The monoisotopic (exact) mass is 467 g/mol. The van der Waals surface area contributed by atoms with Gasteiger partial charge in [0, 0.05) is 48.9 Å². The Balaban J connectivity index is 1.53. The molecule has 0 atom stereocenters. The lowest BCUT2D eigenvalue weighted by atomic mass is 10.0. The van der Waals surface area contributed by atoms with Crippen molar-refractivity contribution in [3.05, 3.63) is 77.1 Å². The number of nitrogens with one attached hydrogen (secondary N) is 2. The van der Waals surface area contributed by atoms with E-state index in [2.05, 4.69) is 10.3 Å². The van der Waals surface area contributed by atoms with Crippen LogP contribution in [0.5, 0.6) is 11.5 Å². The van der Waals surface area contributed by atoms with E-state index in [1.807, 2.05) is 66.3 Å². The fourth-order valence-electron chi connectivity index (χ4n) is 4.50. The minimum atomic E-state index is -0.0908. The highest BCUT2D eigenvalue weighted by molar-refractivity contribution is 6.00. The molecule has 1 fully saturated rings. The number of aromatic amines is 1. The molecule has 1 aliphatic carbocycles. The van der Waals surface area contributed by atoms with Crippen molar-refractivity contribution in [3.63, 3.8) is 0 Å². The van der Waals surface area contributed by atoms with Gasteiger partial charge >= 0.3 is 0 Å². The number of pyridine rings is 1. The zero-order chi connectivity index (χ0) is 24.1. The van der Waals surface area contributed by atoms with Gasteiger partial charge in [0.2, 0.25) is 5.91 Å². The van der Waals surface area contributed by atoms with Crippen LogP contribution in [-0.2, 0) is 25.4 Å². The molecule has 8 nitrogen and oxygen atoms in total. The topological polar surface area (TPSA) is 93.9 Å². The van der Waals surface area contributed by atoms with E-state index in [0.717, 1.165) is 40.7 Å². The lowest BCUT2D eigenvalue weighted by Gasteiger charge is -2.14. The zero-order valence-electron chi connectivity index (χ0n) is 19.5. The molecule has 6 rings (SSSR count). The van der Waals surface area contributed by atoms with Gasteiger partial charge in [-0.15, -0.1) is 0 Å². The number of hydrogen-bond acceptors (Lipinski definition) is 4. The maximum absolute atomic E-state index is 12.6. The number of ether oxygens (including phenoxy) is 1. The summed E-state index contributed by atoms with van der Waals surface area (Å²) in [7, 11) is 3.68. The molecule has 5 aromatic rings. The summed E-state index contributed by atoms with van der Waals surface area (Å²) in [5, 5.41) is 3.83. The molecule has 0 unspecified atom stereocenters. The smallest absolute Gasteiger partial charge is 0.274 e. The van der Waals surface area contributed by atoms with E-state index in [4.69, 9.17) is 9.72 Å². The van der Waals surface area contributed by atoms with E-state index in [9.17, 15) is 9.59 Å². The molecule has 0 aliphatic heterocycles. The summed E-state index contributed by atoms with van der Waals surface area (Å²) >= 11 is 0. The quantitative estimate of drug-likeness (QED) is 0.391. The van der Waals surface area contributed by atoms with E-state index < -0.39 is 0 Å². The molecule has 2 N–H and O–H groups in total. The molecule has 3 heterocycles. The second-order valence-corrected chi connectivity index (χ2v) is 9.03. The average molecular weight is 468 g/mol. The van der Waals surface area contributed by atoms with Gasteiger partial charge in [0.15, 0.2) is 5.75 Å². The molecular weight excluding hydrogens is 442 g/mol. The van der Waals surface area contributed by atoms with Crippen LogP contribution in [0.2, 0.25) is 0 Å². The summed E-state index contributed by atoms with van der Waals surface area (Å²) in [6, 6.07) is 15.5. The lowest BCUT2D eigenvalue weighted by Crippen LogP contribution is -2.25. The number of rotatable bonds is 6. The van der Waals surface area contributed by atoms with Crippen LogP contribution in [0, 0.1) is 5.92 Å². The molecule has 0 radical (unpaired) electrons. The summed E-state index contributed by atoms with van der Waals surface area (Å²) in [6.45, 7) is 0.350. The number of para-hydroxylation sites is 1. The number of carbonyl (C=O) groups excluding carboxylic acids is 1. The Bertz CT molecular complexity index is 1640. The van der Waals surface area contributed by atoms with Crippen LogP contribution >= 0.6 is 0 Å². The van der Waals surface area contributed by atoms with Crippen LogP contribution in [-0.4, -0.2) is 25.0 Å². The van der Waals surface area contributed by atoms with Crippen molar-refractivity contribution >= 4 is 27.8 Å². The van der Waals surface area contributed by atoms with E-state index in [1.165, 1.54) is 0 Å². The van der Waals surface area contributed by atoms with Crippen molar-refractivity contribution in [1.29, 1.82) is 0 Å². The van der Waals surface area contributed by atoms with E-state index in [-0.39, 0.29) is 17.4 Å². The van der Waals surface area contributed by atoms with Crippen LogP contribution in [0.4, 0.5) is 0 Å². The number of fused-ring (bicyclic) bond motifs is 2. The van der Waals surface area contributed by atoms with Crippen LogP contribution in [0.3, 0.4) is 0 Å². The molecule has 1 amide bonds. The van der Waals surface area contributed by atoms with Gasteiger partial charge in [-0.1, -0.05) is 18.2 Å². The molecule has 2 aromatic carbocycles. The Hall–Kier alpha value is -4.33. The Labute approximate surface area is 201 Å². The first-order valence-electron chi connectivity index (χ1n) is 11.7. The normalized spacial score (nSPS) is 13.4. The third-order valence-electron chi connectivity index (χ3n) is 6.62. The Morgan fingerprint density at radius 1 is 1.11 bits per heavy atom. The molecule has 0 bridgehead atoms. The van der Waals surface area contributed by atoms with Crippen LogP contribution < -0.4 is 15.6 Å². The first kappa shape index (κ1) is 21.2. The van der Waals surface area contributed by atoms with Crippen molar-refractivity contribution in [3.8, 4) is 22.6 Å². The second-order valence-electron chi connectivity index (χ2n) is 9.03. The third-order valence-corrected chi connectivity index (χ3v) is 6.62. The highest BCUT2D eigenvalue weighted by Gasteiger charge is 2.29. The molecule has 0 spiro atoms. The van der Waals surface area contributed by atoms with Crippen LogP contribution in [0.25, 0.3) is 33.1 Å². The van der Waals surface area contributed by atoms with E-state index >= 15 is 0 Å². The predicted molar refractivity (Wildman–Crippen MR) is 134 cm³/mol. The summed E-state index contributed by atoms with van der Waals surface area (Å²) < 4.78 is 10.0. The highest BCUT2D eigenvalue weighted by Crippen LogP contribution is 2.41. The summed E-state index contributed by atoms with van der Waals surface area (Å²) in [5.41, 5.74) is 3.73. The molecule has 1 aliphatic rings. The maximum Gasteiger partial charge on any atom is 0.274 e. The Kier molecular flexibility index (Phi) is 4.95. The van der Waals surface area contributed by atoms with Gasteiger partial charge in [-0.05, 0) is 43.2 Å². The molecule has 35 heavy (non-hydrogen) atoms. The fraction of sp³-hybridized carbons (Fsp3) is 0.222. The number of amides is 1. The van der Waals surface area contributed by atoms with Gasteiger partial charge in [-0.25, -0.2) is 4.98 Å². The number of carbonyl (C=O) groups is 1.